The van der Waals surface area contributed by atoms with E-state index in [2.05, 4.69) is 10.6 Å². The Bertz CT molecular complexity index is 237. The molecule has 1 atom stereocenters. The fraction of sp³-hybridized carbons (Fsp3) is 0.818. The molecule has 0 aromatic heterocycles. The summed E-state index contributed by atoms with van der Waals surface area (Å²) in [6.45, 7) is 5.27. The minimum Gasteiger partial charge on any atom is -0.358 e. The lowest BCUT2D eigenvalue weighted by molar-refractivity contribution is -0.138. The first-order valence-electron chi connectivity index (χ1n) is 5.70. The monoisotopic (exact) mass is 265 g/mol. The van der Waals surface area contributed by atoms with E-state index in [4.69, 9.17) is 0 Å². The van der Waals surface area contributed by atoms with Gasteiger partial charge in [0.2, 0.25) is 11.8 Å². The molecule has 0 aliphatic rings. The lowest BCUT2D eigenvalue weighted by Gasteiger charge is -2.24. The Morgan fingerprint density at radius 3 is 2.29 bits per heavy atom. The molecule has 0 aromatic carbocycles. The van der Waals surface area contributed by atoms with Gasteiger partial charge in [-0.2, -0.15) is 0 Å². The second-order valence-corrected chi connectivity index (χ2v) is 3.89. The lowest BCUT2D eigenvalue weighted by Crippen LogP contribution is -2.44. The van der Waals surface area contributed by atoms with Crippen LogP contribution in [0.1, 0.15) is 20.3 Å². The molecule has 0 aliphatic heterocycles. The van der Waals surface area contributed by atoms with Gasteiger partial charge >= 0.3 is 0 Å². The summed E-state index contributed by atoms with van der Waals surface area (Å²) in [6.07, 6.45) is 0.856. The van der Waals surface area contributed by atoms with Crippen molar-refractivity contribution < 1.29 is 9.59 Å². The minimum absolute atomic E-state index is 0. The van der Waals surface area contributed by atoms with E-state index in [0.717, 1.165) is 6.42 Å². The fourth-order valence-corrected chi connectivity index (χ4v) is 1.49. The molecule has 0 heterocycles. The molecule has 0 radical (unpaired) electrons. The molecule has 102 valence electrons. The van der Waals surface area contributed by atoms with Gasteiger partial charge in [0, 0.05) is 26.1 Å². The molecule has 2 amide bonds. The number of nitrogens with zero attached hydrogens (tertiary/aromatic N) is 1. The largest absolute Gasteiger partial charge is 0.358 e. The predicted octanol–water partition coefficient (Wildman–Crippen LogP) is 0.248. The molecular weight excluding hydrogens is 242 g/mol. The molecule has 5 nitrogen and oxygen atoms in total. The van der Waals surface area contributed by atoms with Crippen molar-refractivity contribution in [3.8, 4) is 0 Å². The number of likely N-dealkylation sites (N-methyl/N-ethyl adjacent to an activating group) is 1. The quantitative estimate of drug-likeness (QED) is 0.694. The number of rotatable bonds is 7. The highest BCUT2D eigenvalue weighted by Gasteiger charge is 2.20. The van der Waals surface area contributed by atoms with Gasteiger partial charge in [-0.25, -0.2) is 0 Å². The van der Waals surface area contributed by atoms with Gasteiger partial charge in [-0.05, 0) is 13.5 Å². The van der Waals surface area contributed by atoms with E-state index < -0.39 is 0 Å². The van der Waals surface area contributed by atoms with Crippen molar-refractivity contribution in [2.24, 2.45) is 5.92 Å². The van der Waals surface area contributed by atoms with Crippen LogP contribution in [0, 0.1) is 5.92 Å². The maximum atomic E-state index is 12.0. The molecule has 0 rings (SSSR count). The fourth-order valence-electron chi connectivity index (χ4n) is 1.49. The maximum absolute atomic E-state index is 12.0. The number of carbonyl (C=O) groups is 2. The third kappa shape index (κ3) is 7.18. The van der Waals surface area contributed by atoms with Gasteiger partial charge in [-0.3, -0.25) is 9.59 Å². The zero-order chi connectivity index (χ0) is 12.6. The Labute approximate surface area is 110 Å². The van der Waals surface area contributed by atoms with Gasteiger partial charge in [0.25, 0.3) is 0 Å². The summed E-state index contributed by atoms with van der Waals surface area (Å²) in [5.74, 6) is -0.195. The van der Waals surface area contributed by atoms with Gasteiger partial charge in [0.15, 0.2) is 0 Å². The van der Waals surface area contributed by atoms with Crippen molar-refractivity contribution in [1.29, 1.82) is 0 Å². The third-order valence-electron chi connectivity index (χ3n) is 2.35. The van der Waals surface area contributed by atoms with E-state index in [0.29, 0.717) is 13.1 Å². The molecule has 0 saturated carbocycles. The van der Waals surface area contributed by atoms with Crippen molar-refractivity contribution in [2.45, 2.75) is 20.3 Å². The van der Waals surface area contributed by atoms with E-state index in [9.17, 15) is 9.59 Å². The van der Waals surface area contributed by atoms with Crippen molar-refractivity contribution in [1.82, 2.24) is 15.5 Å². The van der Waals surface area contributed by atoms with E-state index in [-0.39, 0.29) is 36.7 Å². The highest BCUT2D eigenvalue weighted by atomic mass is 35.5. The van der Waals surface area contributed by atoms with Crippen LogP contribution in [-0.4, -0.2) is 50.4 Å². The van der Waals surface area contributed by atoms with Crippen molar-refractivity contribution in [2.75, 3.05) is 33.7 Å². The van der Waals surface area contributed by atoms with Crippen LogP contribution in [0.3, 0.4) is 0 Å². The van der Waals surface area contributed by atoms with Crippen molar-refractivity contribution in [3.05, 3.63) is 0 Å². The number of amides is 2. The van der Waals surface area contributed by atoms with E-state index in [1.54, 1.807) is 11.9 Å². The Balaban J connectivity index is 0. The number of halogens is 1. The number of carbonyl (C=O) groups excluding carboxylic acids is 2. The molecule has 6 heteroatoms. The Morgan fingerprint density at radius 1 is 1.29 bits per heavy atom. The molecule has 0 spiro atoms. The van der Waals surface area contributed by atoms with E-state index in [1.807, 2.05) is 20.9 Å². The number of nitrogens with one attached hydrogen (secondary N) is 2. The average molecular weight is 266 g/mol. The summed E-state index contributed by atoms with van der Waals surface area (Å²) in [5.41, 5.74) is 0. The lowest BCUT2D eigenvalue weighted by atomic mass is 10.1. The molecule has 0 aromatic rings. The predicted molar refractivity (Wildman–Crippen MR) is 71.3 cm³/mol. The van der Waals surface area contributed by atoms with Gasteiger partial charge < -0.3 is 15.5 Å². The molecule has 17 heavy (non-hydrogen) atoms. The van der Waals surface area contributed by atoms with Gasteiger partial charge in [-0.15, -0.1) is 12.4 Å². The minimum atomic E-state index is -0.126. The smallest absolute Gasteiger partial charge is 0.239 e. The molecule has 0 aliphatic carbocycles. The summed E-state index contributed by atoms with van der Waals surface area (Å²) in [4.78, 5) is 24.9. The molecule has 2 N–H and O–H groups in total. The van der Waals surface area contributed by atoms with Crippen molar-refractivity contribution >= 4 is 24.2 Å². The highest BCUT2D eigenvalue weighted by Crippen LogP contribution is 2.02. The van der Waals surface area contributed by atoms with Crippen LogP contribution in [0.25, 0.3) is 0 Å². The summed E-state index contributed by atoms with van der Waals surface area (Å²) >= 11 is 0. The second-order valence-electron chi connectivity index (χ2n) is 3.89. The summed E-state index contributed by atoms with van der Waals surface area (Å²) in [7, 11) is 3.39. The molecule has 0 fully saturated rings. The molecule has 0 saturated heterocycles. The van der Waals surface area contributed by atoms with Crippen LogP contribution < -0.4 is 10.6 Å². The summed E-state index contributed by atoms with van der Waals surface area (Å²) in [5, 5.41) is 5.50. The first-order chi connectivity index (χ1) is 7.56. The second kappa shape index (κ2) is 10.4. The summed E-state index contributed by atoms with van der Waals surface area (Å²) < 4.78 is 0. The van der Waals surface area contributed by atoms with E-state index in [1.165, 1.54) is 0 Å². The number of hydrogen-bond donors (Lipinski definition) is 2. The number of hydrogen-bond acceptors (Lipinski definition) is 3. The van der Waals surface area contributed by atoms with Crippen LogP contribution >= 0.6 is 12.4 Å². The molecule has 0 bridgehead atoms. The Kier molecular flexibility index (Phi) is 11.3. The van der Waals surface area contributed by atoms with Crippen LogP contribution in [-0.2, 0) is 9.59 Å². The zero-order valence-electron chi connectivity index (χ0n) is 11.1. The first-order valence-corrected chi connectivity index (χ1v) is 5.70. The highest BCUT2D eigenvalue weighted by molar-refractivity contribution is 5.86. The van der Waals surface area contributed by atoms with Crippen LogP contribution in [0.2, 0.25) is 0 Å². The first kappa shape index (κ1) is 18.6. The molecular formula is C11H24ClN3O2. The van der Waals surface area contributed by atoms with Crippen LogP contribution in [0.4, 0.5) is 0 Å². The average Bonchev–Trinajstić information content (AvgIpc) is 2.27. The Hall–Kier alpha value is -0.810. The third-order valence-corrected chi connectivity index (χ3v) is 2.35. The topological polar surface area (TPSA) is 61.4 Å². The summed E-state index contributed by atoms with van der Waals surface area (Å²) in [6, 6.07) is 0. The SMILES string of the molecule is CCCN(CC(=O)NC)C(=O)C(C)CNC.Cl. The van der Waals surface area contributed by atoms with Crippen LogP contribution in [0.5, 0.6) is 0 Å². The standard InChI is InChI=1S/C11H23N3O2.ClH/c1-5-6-14(8-10(15)13-4)11(16)9(2)7-12-3;/h9,12H,5-8H2,1-4H3,(H,13,15);1H. The zero-order valence-corrected chi connectivity index (χ0v) is 11.9. The maximum Gasteiger partial charge on any atom is 0.239 e. The van der Waals surface area contributed by atoms with E-state index >= 15 is 0 Å². The van der Waals surface area contributed by atoms with Gasteiger partial charge in [-0.1, -0.05) is 13.8 Å². The normalized spacial score (nSPS) is 11.3. The van der Waals surface area contributed by atoms with Gasteiger partial charge in [0.05, 0.1) is 6.54 Å². The molecule has 1 unspecified atom stereocenters. The Morgan fingerprint density at radius 2 is 1.88 bits per heavy atom. The van der Waals surface area contributed by atoms with Crippen molar-refractivity contribution in [3.63, 3.8) is 0 Å². The van der Waals surface area contributed by atoms with Gasteiger partial charge in [0.1, 0.15) is 0 Å². The van der Waals surface area contributed by atoms with Crippen LogP contribution in [0.15, 0.2) is 0 Å².